The first-order chi connectivity index (χ1) is 9.48. The minimum atomic E-state index is -4.03. The molecule has 8 nitrogen and oxygen atoms in total. The summed E-state index contributed by atoms with van der Waals surface area (Å²) in [5, 5.41) is 8.94. The Balaban J connectivity index is 2.48. The van der Waals surface area contributed by atoms with E-state index in [1.807, 2.05) is 0 Å². The van der Waals surface area contributed by atoms with Crippen molar-refractivity contribution in [1.82, 2.24) is 9.29 Å². The monoisotopic (exact) mass is 296 g/mol. The van der Waals surface area contributed by atoms with Gasteiger partial charge in [-0.15, -0.1) is 0 Å². The van der Waals surface area contributed by atoms with E-state index in [1.165, 1.54) is 18.3 Å². The van der Waals surface area contributed by atoms with E-state index in [1.54, 1.807) is 6.07 Å². The number of nitriles is 1. The van der Waals surface area contributed by atoms with Gasteiger partial charge in [-0.25, -0.2) is 13.4 Å². The van der Waals surface area contributed by atoms with E-state index in [9.17, 15) is 13.2 Å². The van der Waals surface area contributed by atoms with Gasteiger partial charge in [0, 0.05) is 12.7 Å². The molecule has 0 radical (unpaired) electrons. The van der Waals surface area contributed by atoms with Crippen LogP contribution in [0.25, 0.3) is 0 Å². The molecule has 0 aromatic carbocycles. The Labute approximate surface area is 115 Å². The fourth-order valence-electron chi connectivity index (χ4n) is 1.91. The third-order valence-electron chi connectivity index (χ3n) is 2.87. The number of hydrogen-bond acceptors (Lipinski definition) is 6. The van der Waals surface area contributed by atoms with Crippen molar-refractivity contribution in [2.45, 2.75) is 10.9 Å². The lowest BCUT2D eigenvalue weighted by Gasteiger charge is -2.32. The number of nitrogens with zero attached hydrogens (tertiary/aromatic N) is 3. The summed E-state index contributed by atoms with van der Waals surface area (Å²) in [7, 11) is -4.03. The van der Waals surface area contributed by atoms with Crippen molar-refractivity contribution < 1.29 is 17.9 Å². The standard InChI is InChI=1S/C11H12N4O4S/c12-6-8-10(2-1-3-14-8)20(17,18)15-4-5-19-7-9(15)11(13)16/h1-3,9H,4-5,7H2,(H2,13,16). The quantitative estimate of drug-likeness (QED) is 0.748. The molecule has 2 N–H and O–H groups in total. The van der Waals surface area contributed by atoms with Gasteiger partial charge in [-0.2, -0.15) is 9.57 Å². The lowest BCUT2D eigenvalue weighted by molar-refractivity contribution is -0.125. The summed E-state index contributed by atoms with van der Waals surface area (Å²) in [6, 6.07) is 3.32. The van der Waals surface area contributed by atoms with Crippen LogP contribution in [0, 0.1) is 11.3 Å². The molecule has 1 atom stereocenters. The number of hydrogen-bond donors (Lipinski definition) is 1. The van der Waals surface area contributed by atoms with Crippen LogP contribution in [0.5, 0.6) is 0 Å². The molecule has 1 aliphatic heterocycles. The summed E-state index contributed by atoms with van der Waals surface area (Å²) in [5.74, 6) is -0.796. The minimum Gasteiger partial charge on any atom is -0.378 e. The number of pyridine rings is 1. The highest BCUT2D eigenvalue weighted by Gasteiger charge is 2.38. The second-order valence-corrected chi connectivity index (χ2v) is 5.93. The van der Waals surface area contributed by atoms with Crippen LogP contribution in [0.2, 0.25) is 0 Å². The molecule has 0 aliphatic carbocycles. The van der Waals surface area contributed by atoms with Gasteiger partial charge in [-0.1, -0.05) is 0 Å². The number of primary amides is 1. The van der Waals surface area contributed by atoms with Crippen molar-refractivity contribution in [2.75, 3.05) is 19.8 Å². The molecule has 1 fully saturated rings. The Morgan fingerprint density at radius 1 is 1.60 bits per heavy atom. The molecule has 0 bridgehead atoms. The van der Waals surface area contributed by atoms with Crippen molar-refractivity contribution in [3.63, 3.8) is 0 Å². The molecular formula is C11H12N4O4S. The smallest absolute Gasteiger partial charge is 0.246 e. The summed E-state index contributed by atoms with van der Waals surface area (Å²) in [4.78, 5) is 14.8. The SMILES string of the molecule is N#Cc1ncccc1S(=O)(=O)N1CCOCC1C(N)=O. The van der Waals surface area contributed by atoms with E-state index in [-0.39, 0.29) is 30.3 Å². The largest absolute Gasteiger partial charge is 0.378 e. The van der Waals surface area contributed by atoms with Crippen LogP contribution in [0.3, 0.4) is 0 Å². The Morgan fingerprint density at radius 3 is 3.00 bits per heavy atom. The van der Waals surface area contributed by atoms with Crippen molar-refractivity contribution >= 4 is 15.9 Å². The highest BCUT2D eigenvalue weighted by Crippen LogP contribution is 2.22. The van der Waals surface area contributed by atoms with Crippen LogP contribution in [0.4, 0.5) is 0 Å². The number of rotatable bonds is 3. The third kappa shape index (κ3) is 2.49. The van der Waals surface area contributed by atoms with Crippen LogP contribution in [-0.2, 0) is 19.6 Å². The predicted octanol–water partition coefficient (Wildman–Crippen LogP) is -1.17. The van der Waals surface area contributed by atoms with Gasteiger partial charge in [-0.3, -0.25) is 4.79 Å². The normalized spacial score (nSPS) is 20.2. The lowest BCUT2D eigenvalue weighted by atomic mass is 10.3. The van der Waals surface area contributed by atoms with E-state index in [2.05, 4.69) is 4.98 Å². The van der Waals surface area contributed by atoms with E-state index in [0.29, 0.717) is 0 Å². The first-order valence-electron chi connectivity index (χ1n) is 5.72. The molecule has 2 heterocycles. The third-order valence-corrected chi connectivity index (χ3v) is 4.81. The Hall–Kier alpha value is -2.02. The van der Waals surface area contributed by atoms with Crippen molar-refractivity contribution in [2.24, 2.45) is 5.73 Å². The zero-order valence-corrected chi connectivity index (χ0v) is 11.2. The predicted molar refractivity (Wildman–Crippen MR) is 66.6 cm³/mol. The van der Waals surface area contributed by atoms with Crippen molar-refractivity contribution in [1.29, 1.82) is 5.26 Å². The molecule has 1 aliphatic rings. The number of sulfonamides is 1. The molecule has 1 aromatic heterocycles. The lowest BCUT2D eigenvalue weighted by Crippen LogP contribution is -2.54. The second kappa shape index (κ2) is 5.54. The number of carbonyl (C=O) groups excluding carboxylic acids is 1. The van der Waals surface area contributed by atoms with Crippen LogP contribution in [0.15, 0.2) is 23.2 Å². The average Bonchev–Trinajstić information content (AvgIpc) is 2.47. The summed E-state index contributed by atoms with van der Waals surface area (Å²) in [6.45, 7) is 0.0531. The van der Waals surface area contributed by atoms with E-state index < -0.39 is 22.0 Å². The number of carbonyl (C=O) groups is 1. The topological polar surface area (TPSA) is 126 Å². The van der Waals surface area contributed by atoms with Crippen LogP contribution in [0.1, 0.15) is 5.69 Å². The van der Waals surface area contributed by atoms with E-state index in [0.717, 1.165) is 4.31 Å². The van der Waals surface area contributed by atoms with Gasteiger partial charge in [0.05, 0.1) is 13.2 Å². The van der Waals surface area contributed by atoms with Gasteiger partial charge in [0.1, 0.15) is 17.0 Å². The van der Waals surface area contributed by atoms with Crippen LogP contribution >= 0.6 is 0 Å². The number of aromatic nitrogens is 1. The Morgan fingerprint density at radius 2 is 2.35 bits per heavy atom. The fourth-order valence-corrected chi connectivity index (χ4v) is 3.57. The zero-order valence-electron chi connectivity index (χ0n) is 10.4. The molecule has 1 amide bonds. The maximum atomic E-state index is 12.6. The maximum absolute atomic E-state index is 12.6. The van der Waals surface area contributed by atoms with Gasteiger partial charge in [0.25, 0.3) is 0 Å². The highest BCUT2D eigenvalue weighted by atomic mass is 32.2. The molecule has 20 heavy (non-hydrogen) atoms. The summed E-state index contributed by atoms with van der Waals surface area (Å²) in [6.07, 6.45) is 1.32. The molecule has 1 aromatic rings. The molecule has 9 heteroatoms. The minimum absolute atomic E-state index is 0.00426. The fraction of sp³-hybridized carbons (Fsp3) is 0.364. The molecular weight excluding hydrogens is 284 g/mol. The molecule has 0 spiro atoms. The Kier molecular flexibility index (Phi) is 3.99. The van der Waals surface area contributed by atoms with Gasteiger partial charge in [0.15, 0.2) is 5.69 Å². The number of ether oxygens (including phenoxy) is 1. The molecule has 0 saturated carbocycles. The highest BCUT2D eigenvalue weighted by molar-refractivity contribution is 7.89. The second-order valence-electron chi connectivity index (χ2n) is 4.07. The summed E-state index contributed by atoms with van der Waals surface area (Å²) >= 11 is 0. The van der Waals surface area contributed by atoms with E-state index >= 15 is 0 Å². The van der Waals surface area contributed by atoms with Crippen LogP contribution in [-0.4, -0.2) is 49.4 Å². The van der Waals surface area contributed by atoms with Gasteiger partial charge >= 0.3 is 0 Å². The average molecular weight is 296 g/mol. The zero-order chi connectivity index (χ0) is 14.8. The molecule has 1 unspecified atom stereocenters. The maximum Gasteiger partial charge on any atom is 0.246 e. The summed E-state index contributed by atoms with van der Waals surface area (Å²) in [5.41, 5.74) is 4.98. The first kappa shape index (κ1) is 14.4. The van der Waals surface area contributed by atoms with Gasteiger partial charge in [0.2, 0.25) is 15.9 Å². The van der Waals surface area contributed by atoms with Crippen molar-refractivity contribution in [3.05, 3.63) is 24.0 Å². The first-order valence-corrected chi connectivity index (χ1v) is 7.16. The molecule has 106 valence electrons. The van der Waals surface area contributed by atoms with Gasteiger partial charge < -0.3 is 10.5 Å². The summed E-state index contributed by atoms with van der Waals surface area (Å²) < 4.78 is 31.1. The van der Waals surface area contributed by atoms with Crippen LogP contribution < -0.4 is 5.73 Å². The molecule has 1 saturated heterocycles. The molecule has 2 rings (SSSR count). The van der Waals surface area contributed by atoms with Crippen molar-refractivity contribution in [3.8, 4) is 6.07 Å². The van der Waals surface area contributed by atoms with Gasteiger partial charge in [-0.05, 0) is 12.1 Å². The van der Waals surface area contributed by atoms with E-state index in [4.69, 9.17) is 15.7 Å². The number of nitrogens with two attached hydrogens (primary N) is 1. The number of amides is 1. The number of morpholine rings is 1. The Bertz CT molecular complexity index is 667.